The van der Waals surface area contributed by atoms with Crippen molar-refractivity contribution in [3.8, 4) is 0 Å². The first-order valence-corrected chi connectivity index (χ1v) is 7.02. The normalized spacial score (nSPS) is 35.1. The topological polar surface area (TPSA) is 50.5 Å². The van der Waals surface area contributed by atoms with Gasteiger partial charge in [0.15, 0.2) is 0 Å². The Hall–Kier alpha value is -0.160. The van der Waals surface area contributed by atoms with Crippen LogP contribution in [-0.4, -0.2) is 43.3 Å². The van der Waals surface area contributed by atoms with E-state index in [1.807, 2.05) is 0 Å². The molecule has 3 unspecified atom stereocenters. The number of nitrogens with one attached hydrogen (secondary N) is 1. The highest BCUT2D eigenvalue weighted by atomic mass is 16.5. The molecular formula is C13H27N3O. The van der Waals surface area contributed by atoms with E-state index in [1.54, 1.807) is 0 Å². The lowest BCUT2D eigenvalue weighted by Gasteiger charge is -2.39. The fraction of sp³-hybridized carbons (Fsp3) is 1.00. The SMILES string of the molecule is CCCOCC(NN)C1CC2CCC(C1)N2C. The molecule has 0 aliphatic carbocycles. The molecule has 2 rings (SSSR count). The summed E-state index contributed by atoms with van der Waals surface area (Å²) in [6.45, 7) is 3.75. The molecule has 0 aromatic heterocycles. The van der Waals surface area contributed by atoms with Crippen molar-refractivity contribution >= 4 is 0 Å². The molecule has 2 saturated heterocycles. The molecule has 0 aromatic carbocycles. The van der Waals surface area contributed by atoms with E-state index in [9.17, 15) is 0 Å². The van der Waals surface area contributed by atoms with Crippen LogP contribution in [0.3, 0.4) is 0 Å². The van der Waals surface area contributed by atoms with Gasteiger partial charge in [0, 0.05) is 24.7 Å². The highest BCUT2D eigenvalue weighted by molar-refractivity contribution is 4.96. The van der Waals surface area contributed by atoms with Crippen LogP contribution >= 0.6 is 0 Å². The maximum Gasteiger partial charge on any atom is 0.0635 e. The minimum absolute atomic E-state index is 0.332. The van der Waals surface area contributed by atoms with Gasteiger partial charge in [0.2, 0.25) is 0 Å². The Morgan fingerprint density at radius 1 is 1.35 bits per heavy atom. The lowest BCUT2D eigenvalue weighted by atomic mass is 9.85. The third-order valence-corrected chi connectivity index (χ3v) is 4.56. The highest BCUT2D eigenvalue weighted by Crippen LogP contribution is 2.38. The molecule has 3 N–H and O–H groups in total. The molecule has 0 saturated carbocycles. The Bertz CT molecular complexity index is 223. The fourth-order valence-corrected chi connectivity index (χ4v) is 3.46. The van der Waals surface area contributed by atoms with E-state index in [2.05, 4.69) is 24.3 Å². The molecule has 4 heteroatoms. The predicted molar refractivity (Wildman–Crippen MR) is 69.5 cm³/mol. The first-order valence-electron chi connectivity index (χ1n) is 7.02. The number of piperidine rings is 1. The van der Waals surface area contributed by atoms with Gasteiger partial charge in [0.05, 0.1) is 6.61 Å². The second-order valence-electron chi connectivity index (χ2n) is 5.63. The van der Waals surface area contributed by atoms with Crippen LogP contribution in [0.4, 0.5) is 0 Å². The van der Waals surface area contributed by atoms with E-state index < -0.39 is 0 Å². The number of hydrazine groups is 1. The van der Waals surface area contributed by atoms with Crippen molar-refractivity contribution in [1.29, 1.82) is 0 Å². The van der Waals surface area contributed by atoms with Crippen molar-refractivity contribution in [2.24, 2.45) is 11.8 Å². The van der Waals surface area contributed by atoms with Gasteiger partial charge in [-0.3, -0.25) is 11.3 Å². The Morgan fingerprint density at radius 3 is 2.53 bits per heavy atom. The summed E-state index contributed by atoms with van der Waals surface area (Å²) in [4.78, 5) is 2.57. The quantitative estimate of drug-likeness (QED) is 0.416. The van der Waals surface area contributed by atoms with Crippen molar-refractivity contribution in [2.45, 2.75) is 57.2 Å². The van der Waals surface area contributed by atoms with E-state index in [4.69, 9.17) is 10.6 Å². The number of fused-ring (bicyclic) bond motifs is 2. The fourth-order valence-electron chi connectivity index (χ4n) is 3.46. The molecule has 2 fully saturated rings. The third-order valence-electron chi connectivity index (χ3n) is 4.56. The van der Waals surface area contributed by atoms with E-state index >= 15 is 0 Å². The molecule has 0 radical (unpaired) electrons. The Kier molecular flexibility index (Phi) is 4.79. The summed E-state index contributed by atoms with van der Waals surface area (Å²) in [5, 5.41) is 0. The number of hydrogen-bond acceptors (Lipinski definition) is 4. The van der Waals surface area contributed by atoms with Gasteiger partial charge in [-0.1, -0.05) is 6.92 Å². The van der Waals surface area contributed by atoms with Crippen molar-refractivity contribution in [3.05, 3.63) is 0 Å². The van der Waals surface area contributed by atoms with Crippen LogP contribution in [0, 0.1) is 5.92 Å². The van der Waals surface area contributed by atoms with Gasteiger partial charge in [-0.05, 0) is 45.1 Å². The number of nitrogens with two attached hydrogens (primary N) is 1. The monoisotopic (exact) mass is 241 g/mol. The summed E-state index contributed by atoms with van der Waals surface area (Å²) in [5.41, 5.74) is 2.97. The van der Waals surface area contributed by atoms with Crippen molar-refractivity contribution in [1.82, 2.24) is 10.3 Å². The summed E-state index contributed by atoms with van der Waals surface area (Å²) >= 11 is 0. The number of ether oxygens (including phenoxy) is 1. The van der Waals surface area contributed by atoms with Gasteiger partial charge < -0.3 is 9.64 Å². The van der Waals surface area contributed by atoms with Crippen LogP contribution in [0.15, 0.2) is 0 Å². The summed E-state index contributed by atoms with van der Waals surface area (Å²) in [5.74, 6) is 6.37. The van der Waals surface area contributed by atoms with E-state index in [0.29, 0.717) is 12.0 Å². The van der Waals surface area contributed by atoms with Crippen molar-refractivity contribution in [2.75, 3.05) is 20.3 Å². The molecular weight excluding hydrogens is 214 g/mol. The van der Waals surface area contributed by atoms with Crippen molar-refractivity contribution in [3.63, 3.8) is 0 Å². The molecule has 2 aliphatic rings. The summed E-state index contributed by atoms with van der Waals surface area (Å²) in [6.07, 6.45) is 6.36. The second kappa shape index (κ2) is 6.14. The van der Waals surface area contributed by atoms with Crippen LogP contribution in [0.5, 0.6) is 0 Å². The molecule has 2 heterocycles. The minimum Gasteiger partial charge on any atom is -0.380 e. The van der Waals surface area contributed by atoms with Gasteiger partial charge in [-0.15, -0.1) is 0 Å². The average Bonchev–Trinajstić information content (AvgIpc) is 2.56. The highest BCUT2D eigenvalue weighted by Gasteiger charge is 2.40. The van der Waals surface area contributed by atoms with Crippen LogP contribution in [0.1, 0.15) is 39.0 Å². The largest absolute Gasteiger partial charge is 0.380 e. The van der Waals surface area contributed by atoms with Crippen LogP contribution < -0.4 is 11.3 Å². The first kappa shape index (κ1) is 13.3. The lowest BCUT2D eigenvalue weighted by molar-refractivity contribution is 0.0566. The molecule has 4 nitrogen and oxygen atoms in total. The van der Waals surface area contributed by atoms with Crippen LogP contribution in [-0.2, 0) is 4.74 Å². The Labute approximate surface area is 105 Å². The van der Waals surface area contributed by atoms with E-state index in [-0.39, 0.29) is 0 Å². The van der Waals surface area contributed by atoms with Gasteiger partial charge in [-0.25, -0.2) is 0 Å². The summed E-state index contributed by atoms with van der Waals surface area (Å²) in [7, 11) is 2.27. The maximum absolute atomic E-state index is 5.69. The van der Waals surface area contributed by atoms with Gasteiger partial charge in [0.25, 0.3) is 0 Å². The Morgan fingerprint density at radius 2 is 2.00 bits per heavy atom. The number of nitrogens with zero attached hydrogens (tertiary/aromatic N) is 1. The summed E-state index contributed by atoms with van der Waals surface area (Å²) in [6, 6.07) is 1.89. The smallest absolute Gasteiger partial charge is 0.0635 e. The molecule has 2 aliphatic heterocycles. The zero-order valence-electron chi connectivity index (χ0n) is 11.2. The maximum atomic E-state index is 5.69. The van der Waals surface area contributed by atoms with Gasteiger partial charge in [0.1, 0.15) is 0 Å². The first-order chi connectivity index (χ1) is 8.26. The molecule has 17 heavy (non-hydrogen) atoms. The zero-order chi connectivity index (χ0) is 12.3. The number of rotatable bonds is 6. The molecule has 3 atom stereocenters. The van der Waals surface area contributed by atoms with E-state index in [1.165, 1.54) is 25.7 Å². The molecule has 0 amide bonds. The molecule has 0 spiro atoms. The third kappa shape index (κ3) is 2.99. The Balaban J connectivity index is 1.84. The standard InChI is InChI=1S/C13H27N3O/c1-3-6-17-9-13(15-14)10-7-11-4-5-12(8-10)16(11)2/h10-13,15H,3-9,14H2,1-2H3. The average molecular weight is 241 g/mol. The van der Waals surface area contributed by atoms with Crippen LogP contribution in [0.25, 0.3) is 0 Å². The second-order valence-corrected chi connectivity index (χ2v) is 5.63. The van der Waals surface area contributed by atoms with Gasteiger partial charge in [-0.2, -0.15) is 0 Å². The molecule has 0 aromatic rings. The predicted octanol–water partition coefficient (Wildman–Crippen LogP) is 1.12. The summed E-state index contributed by atoms with van der Waals surface area (Å²) < 4.78 is 5.65. The zero-order valence-corrected chi connectivity index (χ0v) is 11.2. The van der Waals surface area contributed by atoms with Crippen molar-refractivity contribution < 1.29 is 4.74 Å². The van der Waals surface area contributed by atoms with Gasteiger partial charge >= 0.3 is 0 Å². The number of hydrogen-bond donors (Lipinski definition) is 2. The van der Waals surface area contributed by atoms with E-state index in [0.717, 1.165) is 31.7 Å². The molecule has 100 valence electrons. The lowest BCUT2D eigenvalue weighted by Crippen LogP contribution is -2.50. The van der Waals surface area contributed by atoms with Crippen LogP contribution in [0.2, 0.25) is 0 Å². The molecule has 2 bridgehead atoms. The minimum atomic E-state index is 0.332.